The number of carbonyl (C=O) groups is 1. The highest BCUT2D eigenvalue weighted by molar-refractivity contribution is 5.85. The molecule has 0 N–H and O–H groups in total. The molecule has 2 aliphatic rings. The third-order valence-electron chi connectivity index (χ3n) is 5.24. The number of carbonyl (C=O) groups excluding carboxylic acids is 1. The lowest BCUT2D eigenvalue weighted by molar-refractivity contribution is -0.131. The number of allylic oxidation sites excluding steroid dienone is 2. The first-order valence-electron chi connectivity index (χ1n) is 8.38. The molecular formula is C19H31NO. The van der Waals surface area contributed by atoms with Crippen molar-refractivity contribution >= 4 is 5.78 Å². The van der Waals surface area contributed by atoms with Gasteiger partial charge in [0.1, 0.15) is 5.78 Å². The monoisotopic (exact) mass is 289 g/mol. The Kier molecular flexibility index (Phi) is 4.65. The van der Waals surface area contributed by atoms with Gasteiger partial charge in [0.15, 0.2) is 0 Å². The first kappa shape index (κ1) is 16.3. The second-order valence-corrected chi connectivity index (χ2v) is 8.11. The van der Waals surface area contributed by atoms with Crippen molar-refractivity contribution in [3.05, 3.63) is 24.6 Å². The van der Waals surface area contributed by atoms with Crippen LogP contribution in [-0.4, -0.2) is 17.2 Å². The largest absolute Gasteiger partial charge is 0.349 e. The molecule has 0 aromatic rings. The van der Waals surface area contributed by atoms with E-state index in [-0.39, 0.29) is 11.3 Å². The van der Waals surface area contributed by atoms with E-state index in [0.717, 1.165) is 38.6 Å². The van der Waals surface area contributed by atoms with Crippen LogP contribution >= 0.6 is 0 Å². The molecule has 1 saturated carbocycles. The van der Waals surface area contributed by atoms with Crippen molar-refractivity contribution in [1.29, 1.82) is 0 Å². The fourth-order valence-corrected chi connectivity index (χ4v) is 3.77. The summed E-state index contributed by atoms with van der Waals surface area (Å²) in [5, 5.41) is 0. The van der Waals surface area contributed by atoms with Gasteiger partial charge < -0.3 is 4.90 Å². The minimum absolute atomic E-state index is 0.190. The van der Waals surface area contributed by atoms with Gasteiger partial charge in [-0.2, -0.15) is 0 Å². The zero-order valence-electron chi connectivity index (χ0n) is 14.2. The number of Topliss-reactive ketones (excluding diaryl/α,β-unsaturated/α-hetero) is 1. The Hall–Kier alpha value is -1.05. The summed E-state index contributed by atoms with van der Waals surface area (Å²) in [6, 6.07) is 0. The van der Waals surface area contributed by atoms with Crippen molar-refractivity contribution in [2.45, 2.75) is 59.8 Å². The van der Waals surface area contributed by atoms with Crippen LogP contribution in [-0.2, 0) is 4.79 Å². The molecule has 0 radical (unpaired) electrons. The first-order chi connectivity index (χ1) is 9.70. The third-order valence-corrected chi connectivity index (χ3v) is 5.24. The highest BCUT2D eigenvalue weighted by Gasteiger charge is 2.34. The summed E-state index contributed by atoms with van der Waals surface area (Å²) < 4.78 is 0. The van der Waals surface area contributed by atoms with Gasteiger partial charge in [-0.3, -0.25) is 4.79 Å². The minimum atomic E-state index is -0.190. The van der Waals surface area contributed by atoms with E-state index in [1.54, 1.807) is 0 Å². The van der Waals surface area contributed by atoms with E-state index in [1.807, 2.05) is 20.8 Å². The Balaban J connectivity index is 1.86. The maximum absolute atomic E-state index is 12.4. The standard InChI is InChI=1S/C19H31NO/c1-13-11-14(2)20(15(13)3)12-16-7-9-17(10-8-16)18(21)19(4,5)6/h13,16-17H,2-3,7-12H2,1,4-6H3. The molecule has 0 aromatic carbocycles. The van der Waals surface area contributed by atoms with Crippen LogP contribution in [0.15, 0.2) is 24.6 Å². The number of likely N-dealkylation sites (tertiary alicyclic amines) is 1. The van der Waals surface area contributed by atoms with E-state index < -0.39 is 0 Å². The Morgan fingerprint density at radius 3 is 2.19 bits per heavy atom. The number of hydrogen-bond acceptors (Lipinski definition) is 2. The van der Waals surface area contributed by atoms with E-state index in [4.69, 9.17) is 0 Å². The molecule has 2 nitrogen and oxygen atoms in total. The zero-order valence-corrected chi connectivity index (χ0v) is 14.2. The van der Waals surface area contributed by atoms with E-state index in [9.17, 15) is 4.79 Å². The van der Waals surface area contributed by atoms with E-state index in [0.29, 0.717) is 17.6 Å². The molecule has 1 atom stereocenters. The Morgan fingerprint density at radius 2 is 1.76 bits per heavy atom. The number of hydrogen-bond donors (Lipinski definition) is 0. The molecule has 1 saturated heterocycles. The van der Waals surface area contributed by atoms with Crippen molar-refractivity contribution in [3.63, 3.8) is 0 Å². The quantitative estimate of drug-likeness (QED) is 0.745. The van der Waals surface area contributed by atoms with Crippen molar-refractivity contribution in [3.8, 4) is 0 Å². The highest BCUT2D eigenvalue weighted by Crippen LogP contribution is 2.38. The molecule has 118 valence electrons. The second kappa shape index (κ2) is 5.98. The van der Waals surface area contributed by atoms with Gasteiger partial charge in [0.2, 0.25) is 0 Å². The number of ketones is 1. The van der Waals surface area contributed by atoms with Crippen molar-refractivity contribution in [1.82, 2.24) is 4.90 Å². The summed E-state index contributed by atoms with van der Waals surface area (Å²) in [6.07, 6.45) is 5.50. The lowest BCUT2D eigenvalue weighted by Crippen LogP contribution is -2.33. The van der Waals surface area contributed by atoms with E-state index >= 15 is 0 Å². The maximum Gasteiger partial charge on any atom is 0.141 e. The third kappa shape index (κ3) is 3.59. The maximum atomic E-state index is 12.4. The number of rotatable bonds is 3. The second-order valence-electron chi connectivity index (χ2n) is 8.11. The lowest BCUT2D eigenvalue weighted by Gasteiger charge is -2.34. The first-order valence-corrected chi connectivity index (χ1v) is 8.38. The molecule has 21 heavy (non-hydrogen) atoms. The molecular weight excluding hydrogens is 258 g/mol. The summed E-state index contributed by atoms with van der Waals surface area (Å²) >= 11 is 0. The molecule has 0 amide bonds. The topological polar surface area (TPSA) is 20.3 Å². The lowest BCUT2D eigenvalue weighted by atomic mass is 9.73. The normalized spacial score (nSPS) is 30.9. The molecule has 1 heterocycles. The predicted octanol–water partition coefficient (Wildman–Crippen LogP) is 4.78. The molecule has 2 rings (SSSR count). The summed E-state index contributed by atoms with van der Waals surface area (Å²) in [4.78, 5) is 14.7. The van der Waals surface area contributed by atoms with Gasteiger partial charge in [0, 0.05) is 35.2 Å². The number of nitrogens with zero attached hydrogens (tertiary/aromatic N) is 1. The molecule has 0 spiro atoms. The zero-order chi connectivity index (χ0) is 15.8. The molecule has 1 aliphatic carbocycles. The van der Waals surface area contributed by atoms with Crippen molar-refractivity contribution < 1.29 is 4.79 Å². The van der Waals surface area contributed by atoms with Gasteiger partial charge in [-0.15, -0.1) is 0 Å². The smallest absolute Gasteiger partial charge is 0.141 e. The highest BCUT2D eigenvalue weighted by atomic mass is 16.1. The van der Waals surface area contributed by atoms with Crippen molar-refractivity contribution in [2.75, 3.05) is 6.54 Å². The molecule has 0 bridgehead atoms. The SMILES string of the molecule is C=C1CC(C)C(=C)N1CC1CCC(C(=O)C(C)(C)C)CC1. The summed E-state index contributed by atoms with van der Waals surface area (Å²) in [5.41, 5.74) is 2.26. The molecule has 1 aliphatic heterocycles. The molecule has 2 fully saturated rings. The van der Waals surface area contributed by atoms with Crippen LogP contribution in [0.2, 0.25) is 0 Å². The minimum Gasteiger partial charge on any atom is -0.349 e. The van der Waals surface area contributed by atoms with Crippen LogP contribution in [0.1, 0.15) is 59.8 Å². The Labute approximate surface area is 130 Å². The Morgan fingerprint density at radius 1 is 1.19 bits per heavy atom. The van der Waals surface area contributed by atoms with Crippen LogP contribution < -0.4 is 0 Å². The van der Waals surface area contributed by atoms with Crippen LogP contribution in [0, 0.1) is 23.2 Å². The van der Waals surface area contributed by atoms with Crippen LogP contribution in [0.5, 0.6) is 0 Å². The van der Waals surface area contributed by atoms with Crippen molar-refractivity contribution in [2.24, 2.45) is 23.2 Å². The predicted molar refractivity (Wildman–Crippen MR) is 88.7 cm³/mol. The average molecular weight is 289 g/mol. The molecule has 2 heteroatoms. The van der Waals surface area contributed by atoms with E-state index in [1.165, 1.54) is 11.4 Å². The van der Waals surface area contributed by atoms with Gasteiger partial charge >= 0.3 is 0 Å². The molecule has 1 unspecified atom stereocenters. The van der Waals surface area contributed by atoms with Crippen LogP contribution in [0.3, 0.4) is 0 Å². The Bertz CT molecular complexity index is 435. The van der Waals surface area contributed by atoms with Gasteiger partial charge in [-0.05, 0) is 38.0 Å². The van der Waals surface area contributed by atoms with E-state index in [2.05, 4.69) is 25.0 Å². The van der Waals surface area contributed by atoms with Crippen LogP contribution in [0.25, 0.3) is 0 Å². The summed E-state index contributed by atoms with van der Waals surface area (Å²) in [5.74, 6) is 1.96. The van der Waals surface area contributed by atoms with Gasteiger partial charge in [-0.1, -0.05) is 40.9 Å². The van der Waals surface area contributed by atoms with Crippen LogP contribution in [0.4, 0.5) is 0 Å². The molecule has 0 aromatic heterocycles. The fraction of sp³-hybridized carbons (Fsp3) is 0.737. The summed E-state index contributed by atoms with van der Waals surface area (Å²) in [6.45, 7) is 17.8. The summed E-state index contributed by atoms with van der Waals surface area (Å²) in [7, 11) is 0. The van der Waals surface area contributed by atoms with Gasteiger partial charge in [0.25, 0.3) is 0 Å². The fourth-order valence-electron chi connectivity index (χ4n) is 3.77. The average Bonchev–Trinajstić information content (AvgIpc) is 2.64. The van der Waals surface area contributed by atoms with Gasteiger partial charge in [0.05, 0.1) is 0 Å². The van der Waals surface area contributed by atoms with Gasteiger partial charge in [-0.25, -0.2) is 0 Å².